The van der Waals surface area contributed by atoms with Crippen LogP contribution in [0.2, 0.25) is 0 Å². The molecule has 0 aromatic heterocycles. The number of hydrogen-bond donors (Lipinski definition) is 1. The summed E-state index contributed by atoms with van der Waals surface area (Å²) in [5, 5.41) is 2.97. The van der Waals surface area contributed by atoms with Crippen molar-refractivity contribution in [1.29, 1.82) is 0 Å². The van der Waals surface area contributed by atoms with Crippen LogP contribution in [-0.2, 0) is 11.2 Å². The van der Waals surface area contributed by atoms with Gasteiger partial charge in [-0.3, -0.25) is 9.59 Å². The number of rotatable bonds is 8. The summed E-state index contributed by atoms with van der Waals surface area (Å²) < 4.78 is 0. The first-order chi connectivity index (χ1) is 11.5. The molecule has 0 aliphatic heterocycles. The van der Waals surface area contributed by atoms with E-state index in [1.165, 1.54) is 5.56 Å². The number of benzene rings is 2. The molecular formula is C21H25NO2. The smallest absolute Gasteiger partial charge is 0.220 e. The van der Waals surface area contributed by atoms with Crippen molar-refractivity contribution in [3.63, 3.8) is 0 Å². The molecular weight excluding hydrogens is 298 g/mol. The molecule has 1 unspecified atom stereocenters. The lowest BCUT2D eigenvalue weighted by molar-refractivity contribution is -0.121. The van der Waals surface area contributed by atoms with Crippen LogP contribution in [-0.4, -0.2) is 17.7 Å². The van der Waals surface area contributed by atoms with Gasteiger partial charge in [-0.05, 0) is 32.3 Å². The minimum atomic E-state index is -0.0592. The SMILES string of the molecule is Cc1ccc(C(=O)CCC(=O)NC(C)CCc2ccccc2)cc1. The van der Waals surface area contributed by atoms with Crippen molar-refractivity contribution >= 4 is 11.7 Å². The van der Waals surface area contributed by atoms with Crippen molar-refractivity contribution in [1.82, 2.24) is 5.32 Å². The molecule has 3 nitrogen and oxygen atoms in total. The predicted octanol–water partition coefficient (Wildman–Crippen LogP) is 4.10. The van der Waals surface area contributed by atoms with Gasteiger partial charge >= 0.3 is 0 Å². The summed E-state index contributed by atoms with van der Waals surface area (Å²) in [7, 11) is 0. The summed E-state index contributed by atoms with van der Waals surface area (Å²) in [6, 6.07) is 17.8. The molecule has 0 radical (unpaired) electrons. The molecule has 3 heteroatoms. The van der Waals surface area contributed by atoms with Crippen molar-refractivity contribution in [3.8, 4) is 0 Å². The largest absolute Gasteiger partial charge is 0.354 e. The Morgan fingerprint density at radius 3 is 2.29 bits per heavy atom. The van der Waals surface area contributed by atoms with Crippen LogP contribution in [0.4, 0.5) is 0 Å². The van der Waals surface area contributed by atoms with Gasteiger partial charge in [-0.25, -0.2) is 0 Å². The first kappa shape index (κ1) is 17.9. The van der Waals surface area contributed by atoms with E-state index in [0.29, 0.717) is 5.56 Å². The maximum absolute atomic E-state index is 12.1. The molecule has 0 aliphatic rings. The number of ketones is 1. The zero-order valence-corrected chi connectivity index (χ0v) is 14.4. The molecule has 2 aromatic carbocycles. The van der Waals surface area contributed by atoms with Crippen molar-refractivity contribution < 1.29 is 9.59 Å². The third kappa shape index (κ3) is 5.99. The van der Waals surface area contributed by atoms with Gasteiger partial charge in [0.2, 0.25) is 5.91 Å². The lowest BCUT2D eigenvalue weighted by Gasteiger charge is -2.13. The summed E-state index contributed by atoms with van der Waals surface area (Å²) in [5.74, 6) is -0.0434. The number of carbonyl (C=O) groups excluding carboxylic acids is 2. The molecule has 0 heterocycles. The van der Waals surface area contributed by atoms with E-state index in [1.807, 2.05) is 56.3 Å². The summed E-state index contributed by atoms with van der Waals surface area (Å²) in [6.45, 7) is 3.99. The van der Waals surface area contributed by atoms with Crippen molar-refractivity contribution in [3.05, 3.63) is 71.3 Å². The molecule has 0 saturated carbocycles. The lowest BCUT2D eigenvalue weighted by atomic mass is 10.0. The van der Waals surface area contributed by atoms with Gasteiger partial charge in [0.25, 0.3) is 0 Å². The predicted molar refractivity (Wildman–Crippen MR) is 97.1 cm³/mol. The van der Waals surface area contributed by atoms with Crippen LogP contribution < -0.4 is 5.32 Å². The van der Waals surface area contributed by atoms with Crippen molar-refractivity contribution in [2.24, 2.45) is 0 Å². The van der Waals surface area contributed by atoms with Crippen LogP contribution in [0.25, 0.3) is 0 Å². The Balaban J connectivity index is 1.70. The summed E-state index contributed by atoms with van der Waals surface area (Å²) in [5.41, 5.74) is 3.07. The lowest BCUT2D eigenvalue weighted by Crippen LogP contribution is -2.33. The normalized spacial score (nSPS) is 11.8. The Hall–Kier alpha value is -2.42. The molecule has 1 amide bonds. The van der Waals surface area contributed by atoms with E-state index in [4.69, 9.17) is 0 Å². The van der Waals surface area contributed by atoms with Gasteiger partial charge in [0.05, 0.1) is 0 Å². The van der Waals surface area contributed by atoms with Crippen molar-refractivity contribution in [2.75, 3.05) is 0 Å². The topological polar surface area (TPSA) is 46.2 Å². The monoisotopic (exact) mass is 323 g/mol. The second kappa shape index (κ2) is 9.02. The van der Waals surface area contributed by atoms with Crippen LogP contribution in [0.5, 0.6) is 0 Å². The van der Waals surface area contributed by atoms with E-state index in [-0.39, 0.29) is 30.6 Å². The van der Waals surface area contributed by atoms with Gasteiger partial charge in [-0.2, -0.15) is 0 Å². The molecule has 1 N–H and O–H groups in total. The van der Waals surface area contributed by atoms with E-state index < -0.39 is 0 Å². The average Bonchev–Trinajstić information content (AvgIpc) is 2.59. The van der Waals surface area contributed by atoms with Gasteiger partial charge in [-0.1, -0.05) is 60.2 Å². The second-order valence-corrected chi connectivity index (χ2v) is 6.28. The highest BCUT2D eigenvalue weighted by atomic mass is 16.2. The van der Waals surface area contributed by atoms with Gasteiger partial charge in [0, 0.05) is 24.4 Å². The Morgan fingerprint density at radius 1 is 0.958 bits per heavy atom. The Kier molecular flexibility index (Phi) is 6.74. The Labute approximate surface area is 144 Å². The third-order valence-corrected chi connectivity index (χ3v) is 4.07. The Morgan fingerprint density at radius 2 is 1.62 bits per heavy atom. The van der Waals surface area contributed by atoms with Gasteiger partial charge < -0.3 is 5.32 Å². The third-order valence-electron chi connectivity index (χ3n) is 4.07. The van der Waals surface area contributed by atoms with E-state index >= 15 is 0 Å². The highest BCUT2D eigenvalue weighted by Gasteiger charge is 2.11. The van der Waals surface area contributed by atoms with Gasteiger partial charge in [-0.15, -0.1) is 0 Å². The molecule has 0 spiro atoms. The van der Waals surface area contributed by atoms with Crippen LogP contribution >= 0.6 is 0 Å². The van der Waals surface area contributed by atoms with E-state index in [2.05, 4.69) is 17.4 Å². The highest BCUT2D eigenvalue weighted by Crippen LogP contribution is 2.08. The number of amides is 1. The fourth-order valence-electron chi connectivity index (χ4n) is 2.56. The van der Waals surface area contributed by atoms with Gasteiger partial charge in [0.15, 0.2) is 5.78 Å². The van der Waals surface area contributed by atoms with Crippen LogP contribution in [0.3, 0.4) is 0 Å². The molecule has 2 aromatic rings. The number of Topliss-reactive ketones (excluding diaryl/α,β-unsaturated/α-hetero) is 1. The van der Waals surface area contributed by atoms with Crippen LogP contribution in [0.15, 0.2) is 54.6 Å². The minimum Gasteiger partial charge on any atom is -0.354 e. The van der Waals surface area contributed by atoms with Crippen molar-refractivity contribution in [2.45, 2.75) is 45.6 Å². The first-order valence-corrected chi connectivity index (χ1v) is 8.48. The van der Waals surface area contributed by atoms with Gasteiger partial charge in [0.1, 0.15) is 0 Å². The summed E-state index contributed by atoms with van der Waals surface area (Å²) in [4.78, 5) is 24.1. The zero-order valence-electron chi connectivity index (χ0n) is 14.4. The fraction of sp³-hybridized carbons (Fsp3) is 0.333. The van der Waals surface area contributed by atoms with E-state index in [0.717, 1.165) is 18.4 Å². The van der Waals surface area contributed by atoms with Crippen LogP contribution in [0.1, 0.15) is 47.7 Å². The highest BCUT2D eigenvalue weighted by molar-refractivity contribution is 5.97. The maximum atomic E-state index is 12.1. The summed E-state index contributed by atoms with van der Waals surface area (Å²) in [6.07, 6.45) is 2.31. The standard InChI is InChI=1S/C21H25NO2/c1-16-8-12-19(13-9-16)20(23)14-15-21(24)22-17(2)10-11-18-6-4-3-5-7-18/h3-9,12-13,17H,10-11,14-15H2,1-2H3,(H,22,24). The average molecular weight is 323 g/mol. The van der Waals surface area contributed by atoms with Crippen LogP contribution in [0, 0.1) is 6.92 Å². The number of aryl methyl sites for hydroxylation is 2. The quantitative estimate of drug-likeness (QED) is 0.744. The molecule has 0 bridgehead atoms. The number of nitrogens with one attached hydrogen (secondary N) is 1. The second-order valence-electron chi connectivity index (χ2n) is 6.28. The van der Waals surface area contributed by atoms with E-state index in [1.54, 1.807) is 0 Å². The summed E-state index contributed by atoms with van der Waals surface area (Å²) >= 11 is 0. The Bertz CT molecular complexity index is 662. The first-order valence-electron chi connectivity index (χ1n) is 8.48. The molecule has 2 rings (SSSR count). The van der Waals surface area contributed by atoms with E-state index in [9.17, 15) is 9.59 Å². The molecule has 1 atom stereocenters. The molecule has 126 valence electrons. The molecule has 0 saturated heterocycles. The fourth-order valence-corrected chi connectivity index (χ4v) is 2.56. The maximum Gasteiger partial charge on any atom is 0.220 e. The molecule has 0 fully saturated rings. The number of carbonyl (C=O) groups is 2. The minimum absolute atomic E-state index is 0.0158. The zero-order chi connectivity index (χ0) is 17.4. The molecule has 0 aliphatic carbocycles. The number of hydrogen-bond acceptors (Lipinski definition) is 2. The molecule has 24 heavy (non-hydrogen) atoms.